The van der Waals surface area contributed by atoms with Crippen LogP contribution in [0.2, 0.25) is 0 Å². The van der Waals surface area contributed by atoms with Gasteiger partial charge in [0.25, 0.3) is 0 Å². The molecule has 0 aliphatic heterocycles. The van der Waals surface area contributed by atoms with Gasteiger partial charge < -0.3 is 9.67 Å². The maximum absolute atomic E-state index is 11.7. The van der Waals surface area contributed by atoms with E-state index in [0.717, 1.165) is 32.1 Å². The van der Waals surface area contributed by atoms with Gasteiger partial charge >= 0.3 is 5.97 Å². The van der Waals surface area contributed by atoms with E-state index >= 15 is 0 Å². The average molecular weight is 247 g/mol. The first-order chi connectivity index (χ1) is 8.54. The number of aliphatic carboxylic acids is 1. The van der Waals surface area contributed by atoms with Crippen molar-refractivity contribution in [3.05, 3.63) is 23.5 Å². The molecule has 3 heteroatoms. The second kappa shape index (κ2) is 3.87. The fraction of sp³-hybridized carbons (Fsp3) is 0.667. The van der Waals surface area contributed by atoms with Gasteiger partial charge in [-0.05, 0) is 57.6 Å². The second-order valence-electron chi connectivity index (χ2n) is 6.13. The molecule has 0 aromatic carbocycles. The molecule has 2 aliphatic carbocycles. The molecule has 1 aromatic rings. The van der Waals surface area contributed by atoms with Crippen LogP contribution in [-0.2, 0) is 4.79 Å². The van der Waals surface area contributed by atoms with Gasteiger partial charge in [-0.2, -0.15) is 0 Å². The van der Waals surface area contributed by atoms with Crippen molar-refractivity contribution in [2.24, 2.45) is 11.3 Å². The number of carboxylic acids is 1. The lowest BCUT2D eigenvalue weighted by Crippen LogP contribution is -2.30. The molecule has 3 rings (SSSR count). The zero-order valence-electron chi connectivity index (χ0n) is 11.1. The standard InChI is InChI=1S/C15H21NO2/c1-10-5-6-11(2)16(10)13-8-12-4-3-7-15(12,9-13)14(17)18/h5-6,12-13H,3-4,7-9H2,1-2H3,(H,17,18). The molecule has 0 spiro atoms. The van der Waals surface area contributed by atoms with Gasteiger partial charge in [-0.3, -0.25) is 4.79 Å². The predicted molar refractivity (Wildman–Crippen MR) is 69.6 cm³/mol. The van der Waals surface area contributed by atoms with Crippen LogP contribution in [0, 0.1) is 25.2 Å². The van der Waals surface area contributed by atoms with Crippen LogP contribution in [0.4, 0.5) is 0 Å². The second-order valence-corrected chi connectivity index (χ2v) is 6.13. The molecule has 0 saturated heterocycles. The van der Waals surface area contributed by atoms with Crippen LogP contribution in [0.25, 0.3) is 0 Å². The highest BCUT2D eigenvalue weighted by atomic mass is 16.4. The van der Waals surface area contributed by atoms with Gasteiger partial charge in [0.15, 0.2) is 0 Å². The van der Waals surface area contributed by atoms with Gasteiger partial charge in [0.1, 0.15) is 0 Å². The Morgan fingerprint density at radius 3 is 2.61 bits per heavy atom. The molecule has 2 aliphatic rings. The van der Waals surface area contributed by atoms with Gasteiger partial charge in [-0.1, -0.05) is 6.42 Å². The molecule has 18 heavy (non-hydrogen) atoms. The fourth-order valence-corrected chi connectivity index (χ4v) is 4.41. The highest BCUT2D eigenvalue weighted by Gasteiger charge is 2.55. The molecule has 2 saturated carbocycles. The Bertz CT molecular complexity index is 471. The monoisotopic (exact) mass is 247 g/mol. The van der Waals surface area contributed by atoms with Gasteiger partial charge in [-0.15, -0.1) is 0 Å². The molecule has 98 valence electrons. The third-order valence-electron chi connectivity index (χ3n) is 5.23. The van der Waals surface area contributed by atoms with Gasteiger partial charge in [0.05, 0.1) is 5.41 Å². The van der Waals surface area contributed by atoms with Gasteiger partial charge in [-0.25, -0.2) is 0 Å². The minimum Gasteiger partial charge on any atom is -0.481 e. The van der Waals surface area contributed by atoms with Crippen molar-refractivity contribution in [2.45, 2.75) is 52.0 Å². The quantitative estimate of drug-likeness (QED) is 0.871. The summed E-state index contributed by atoms with van der Waals surface area (Å²) in [6, 6.07) is 4.66. The van der Waals surface area contributed by atoms with Crippen molar-refractivity contribution in [1.29, 1.82) is 0 Å². The summed E-state index contributed by atoms with van der Waals surface area (Å²) < 4.78 is 2.35. The van der Waals surface area contributed by atoms with E-state index in [2.05, 4.69) is 30.5 Å². The van der Waals surface area contributed by atoms with E-state index in [0.29, 0.717) is 12.0 Å². The number of carbonyl (C=O) groups is 1. The van der Waals surface area contributed by atoms with Crippen LogP contribution in [0.5, 0.6) is 0 Å². The molecule has 0 amide bonds. The molecule has 1 heterocycles. The van der Waals surface area contributed by atoms with Crippen molar-refractivity contribution in [3.63, 3.8) is 0 Å². The molecular formula is C15H21NO2. The van der Waals surface area contributed by atoms with Crippen LogP contribution >= 0.6 is 0 Å². The van der Waals surface area contributed by atoms with E-state index in [-0.39, 0.29) is 0 Å². The summed E-state index contributed by atoms with van der Waals surface area (Å²) in [5, 5.41) is 9.62. The SMILES string of the molecule is Cc1ccc(C)n1C1CC2CCCC2(C(=O)O)C1. The van der Waals surface area contributed by atoms with Crippen LogP contribution in [0.3, 0.4) is 0 Å². The highest BCUT2D eigenvalue weighted by Crippen LogP contribution is 2.58. The van der Waals surface area contributed by atoms with E-state index in [4.69, 9.17) is 0 Å². The van der Waals surface area contributed by atoms with Crippen molar-refractivity contribution in [1.82, 2.24) is 4.57 Å². The van der Waals surface area contributed by atoms with Crippen molar-refractivity contribution in [3.8, 4) is 0 Å². The maximum atomic E-state index is 11.7. The number of carboxylic acid groups (broad SMARTS) is 1. The summed E-state index contributed by atoms with van der Waals surface area (Å²) in [4.78, 5) is 11.7. The summed E-state index contributed by atoms with van der Waals surface area (Å²) in [5.74, 6) is -0.170. The summed E-state index contributed by atoms with van der Waals surface area (Å²) >= 11 is 0. The van der Waals surface area contributed by atoms with Gasteiger partial charge in [0, 0.05) is 17.4 Å². The summed E-state index contributed by atoms with van der Waals surface area (Å²) in [5.41, 5.74) is 2.10. The summed E-state index contributed by atoms with van der Waals surface area (Å²) in [6.07, 6.45) is 4.93. The number of hydrogen-bond donors (Lipinski definition) is 1. The number of hydrogen-bond acceptors (Lipinski definition) is 1. The largest absolute Gasteiger partial charge is 0.481 e. The van der Waals surface area contributed by atoms with Crippen molar-refractivity contribution in [2.75, 3.05) is 0 Å². The van der Waals surface area contributed by atoms with Crippen molar-refractivity contribution >= 4 is 5.97 Å². The van der Waals surface area contributed by atoms with Gasteiger partial charge in [0.2, 0.25) is 0 Å². The molecule has 3 atom stereocenters. The predicted octanol–water partition coefficient (Wildman–Crippen LogP) is 3.31. The zero-order chi connectivity index (χ0) is 12.9. The van der Waals surface area contributed by atoms with E-state index in [1.54, 1.807) is 0 Å². The molecule has 2 fully saturated rings. The molecule has 1 aromatic heterocycles. The molecular weight excluding hydrogens is 226 g/mol. The molecule has 0 bridgehead atoms. The minimum atomic E-state index is -0.560. The summed E-state index contributed by atoms with van der Waals surface area (Å²) in [7, 11) is 0. The van der Waals surface area contributed by atoms with E-state index in [1.807, 2.05) is 0 Å². The number of aromatic nitrogens is 1. The van der Waals surface area contributed by atoms with Crippen LogP contribution in [0.15, 0.2) is 12.1 Å². The third-order valence-corrected chi connectivity index (χ3v) is 5.23. The average Bonchev–Trinajstić information content (AvgIpc) is 2.91. The zero-order valence-corrected chi connectivity index (χ0v) is 11.1. The lowest BCUT2D eigenvalue weighted by atomic mass is 9.80. The lowest BCUT2D eigenvalue weighted by molar-refractivity contribution is -0.150. The molecule has 1 N–H and O–H groups in total. The fourth-order valence-electron chi connectivity index (χ4n) is 4.41. The molecule has 3 unspecified atom stereocenters. The highest BCUT2D eigenvalue weighted by molar-refractivity contribution is 5.76. The van der Waals surface area contributed by atoms with E-state index in [1.165, 1.54) is 11.4 Å². The Morgan fingerprint density at radius 1 is 1.39 bits per heavy atom. The Morgan fingerprint density at radius 2 is 2.06 bits per heavy atom. The normalized spacial score (nSPS) is 34.8. The molecule has 3 nitrogen and oxygen atoms in total. The number of aryl methyl sites for hydroxylation is 2. The number of nitrogens with zero attached hydrogens (tertiary/aromatic N) is 1. The number of fused-ring (bicyclic) bond motifs is 1. The van der Waals surface area contributed by atoms with Crippen LogP contribution < -0.4 is 0 Å². The minimum absolute atomic E-state index is 0.390. The first kappa shape index (κ1) is 11.8. The Labute approximate surface area is 108 Å². The third kappa shape index (κ3) is 1.46. The lowest BCUT2D eigenvalue weighted by Gasteiger charge is -2.24. The Kier molecular flexibility index (Phi) is 2.54. The molecule has 0 radical (unpaired) electrons. The van der Waals surface area contributed by atoms with Crippen LogP contribution in [-0.4, -0.2) is 15.6 Å². The Hall–Kier alpha value is -1.25. The Balaban J connectivity index is 1.94. The first-order valence-electron chi connectivity index (χ1n) is 6.92. The summed E-state index contributed by atoms with van der Waals surface area (Å²) in [6.45, 7) is 4.24. The number of rotatable bonds is 2. The van der Waals surface area contributed by atoms with E-state index in [9.17, 15) is 9.90 Å². The topological polar surface area (TPSA) is 42.2 Å². The van der Waals surface area contributed by atoms with E-state index < -0.39 is 11.4 Å². The maximum Gasteiger partial charge on any atom is 0.309 e. The first-order valence-corrected chi connectivity index (χ1v) is 6.92. The van der Waals surface area contributed by atoms with Crippen LogP contribution in [0.1, 0.15) is 49.5 Å². The van der Waals surface area contributed by atoms with Crippen molar-refractivity contribution < 1.29 is 9.90 Å². The smallest absolute Gasteiger partial charge is 0.309 e.